The van der Waals surface area contributed by atoms with Crippen LogP contribution in [-0.4, -0.2) is 24.0 Å². The molecule has 0 aromatic heterocycles. The number of halogens is 2. The lowest BCUT2D eigenvalue weighted by Crippen LogP contribution is -2.43. The molecule has 0 saturated heterocycles. The molecule has 6 heteroatoms. The Morgan fingerprint density at radius 2 is 2.00 bits per heavy atom. The van der Waals surface area contributed by atoms with Crippen molar-refractivity contribution in [2.45, 2.75) is 32.4 Å². The first kappa shape index (κ1) is 17.6. The molecule has 0 spiro atoms. The molecule has 0 radical (unpaired) electrons. The van der Waals surface area contributed by atoms with Gasteiger partial charge in [-0.05, 0) is 66.0 Å². The number of hydrogen-bond acceptors (Lipinski definition) is 3. The number of para-hydroxylation sites is 1. The van der Waals surface area contributed by atoms with Gasteiger partial charge in [-0.1, -0.05) is 18.2 Å². The highest BCUT2D eigenvalue weighted by Gasteiger charge is 2.34. The minimum Gasteiger partial charge on any atom is -0.449 e. The number of amides is 1. The van der Waals surface area contributed by atoms with Gasteiger partial charge in [0.2, 0.25) is 0 Å². The van der Waals surface area contributed by atoms with E-state index in [0.717, 1.165) is 17.7 Å². The summed E-state index contributed by atoms with van der Waals surface area (Å²) in [5.41, 5.74) is 2.13. The minimum atomic E-state index is -0.946. The van der Waals surface area contributed by atoms with Crippen molar-refractivity contribution in [1.29, 1.82) is 0 Å². The van der Waals surface area contributed by atoms with Crippen molar-refractivity contribution < 1.29 is 18.7 Å². The third kappa shape index (κ3) is 3.44. The van der Waals surface area contributed by atoms with E-state index in [1.54, 1.807) is 11.8 Å². The molecule has 0 N–H and O–H groups in total. The summed E-state index contributed by atoms with van der Waals surface area (Å²) >= 11 is 3.14. The van der Waals surface area contributed by atoms with Gasteiger partial charge < -0.3 is 9.64 Å². The summed E-state index contributed by atoms with van der Waals surface area (Å²) in [5.74, 6) is -1.41. The zero-order chi connectivity index (χ0) is 18.1. The van der Waals surface area contributed by atoms with Gasteiger partial charge >= 0.3 is 5.97 Å². The topological polar surface area (TPSA) is 46.6 Å². The molecule has 2 aromatic rings. The highest BCUT2D eigenvalue weighted by atomic mass is 79.9. The number of rotatable bonds is 3. The maximum Gasteiger partial charge on any atom is 0.340 e. The predicted molar refractivity (Wildman–Crippen MR) is 96.1 cm³/mol. The van der Waals surface area contributed by atoms with Crippen molar-refractivity contribution in [2.75, 3.05) is 4.90 Å². The molecule has 3 rings (SSSR count). The van der Waals surface area contributed by atoms with E-state index in [4.69, 9.17) is 4.74 Å². The van der Waals surface area contributed by atoms with Crippen LogP contribution in [0, 0.1) is 5.82 Å². The molecule has 4 nitrogen and oxygen atoms in total. The van der Waals surface area contributed by atoms with Crippen molar-refractivity contribution in [3.05, 3.63) is 63.9 Å². The lowest BCUT2D eigenvalue weighted by Gasteiger charge is -2.26. The third-order valence-electron chi connectivity index (χ3n) is 4.23. The summed E-state index contributed by atoms with van der Waals surface area (Å²) in [6.45, 7) is 3.51. The van der Waals surface area contributed by atoms with Gasteiger partial charge in [0.1, 0.15) is 5.82 Å². The number of nitrogens with zero attached hydrogens (tertiary/aromatic N) is 1. The van der Waals surface area contributed by atoms with Crippen LogP contribution in [0.5, 0.6) is 0 Å². The van der Waals surface area contributed by atoms with Crippen LogP contribution < -0.4 is 4.90 Å². The van der Waals surface area contributed by atoms with Crippen molar-refractivity contribution in [3.63, 3.8) is 0 Å². The maximum absolute atomic E-state index is 13.1. The Bertz CT molecular complexity index is 839. The molecule has 2 atom stereocenters. The van der Waals surface area contributed by atoms with Gasteiger partial charge in [0, 0.05) is 16.2 Å². The fourth-order valence-electron chi connectivity index (χ4n) is 3.03. The number of carbonyl (C=O) groups is 2. The highest BCUT2D eigenvalue weighted by molar-refractivity contribution is 9.10. The smallest absolute Gasteiger partial charge is 0.340 e. The zero-order valence-corrected chi connectivity index (χ0v) is 15.4. The van der Waals surface area contributed by atoms with Crippen molar-refractivity contribution in [3.8, 4) is 0 Å². The van der Waals surface area contributed by atoms with Crippen molar-refractivity contribution in [1.82, 2.24) is 0 Å². The van der Waals surface area contributed by atoms with E-state index >= 15 is 0 Å². The molecule has 1 aliphatic heterocycles. The minimum absolute atomic E-state index is 0.00334. The number of benzene rings is 2. The monoisotopic (exact) mass is 405 g/mol. The standard InChI is InChI=1S/C19H17BrFNO3/c1-11-9-13-5-3-4-6-17(13)22(11)18(23)12(2)25-19(24)15-8-7-14(21)10-16(15)20/h3-8,10-12H,9H2,1-2H3/t11-,12-/m1/s1. The van der Waals surface area contributed by atoms with Gasteiger partial charge in [-0.15, -0.1) is 0 Å². The second-order valence-electron chi connectivity index (χ2n) is 6.06. The summed E-state index contributed by atoms with van der Waals surface area (Å²) in [5, 5.41) is 0. The average Bonchev–Trinajstić information content (AvgIpc) is 2.89. The second-order valence-corrected chi connectivity index (χ2v) is 6.92. The van der Waals surface area contributed by atoms with Crippen LogP contribution in [0.4, 0.5) is 10.1 Å². The molecule has 25 heavy (non-hydrogen) atoms. The van der Waals surface area contributed by atoms with Crippen LogP contribution in [-0.2, 0) is 16.0 Å². The second kappa shape index (κ2) is 6.96. The van der Waals surface area contributed by atoms with E-state index in [-0.39, 0.29) is 22.0 Å². The first-order valence-corrected chi connectivity index (χ1v) is 8.75. The SMILES string of the molecule is C[C@@H]1Cc2ccccc2N1C(=O)[C@@H](C)OC(=O)c1ccc(F)cc1Br. The molecule has 0 fully saturated rings. The Labute approximate surface area is 153 Å². The Kier molecular flexibility index (Phi) is 4.90. The van der Waals surface area contributed by atoms with Crippen molar-refractivity contribution in [2.24, 2.45) is 0 Å². The molecule has 130 valence electrons. The first-order valence-electron chi connectivity index (χ1n) is 7.95. The Balaban J connectivity index is 1.76. The van der Waals surface area contributed by atoms with Crippen LogP contribution in [0.15, 0.2) is 46.9 Å². The molecule has 0 aliphatic carbocycles. The number of hydrogen-bond donors (Lipinski definition) is 0. The van der Waals surface area contributed by atoms with Gasteiger partial charge in [0.15, 0.2) is 6.10 Å². The van der Waals surface area contributed by atoms with Crippen LogP contribution >= 0.6 is 15.9 Å². The fraction of sp³-hybridized carbons (Fsp3) is 0.263. The summed E-state index contributed by atoms with van der Waals surface area (Å²) < 4.78 is 18.7. The molecule has 0 unspecified atom stereocenters. The van der Waals surface area contributed by atoms with E-state index in [1.165, 1.54) is 18.2 Å². The molecular weight excluding hydrogens is 389 g/mol. The van der Waals surface area contributed by atoms with Gasteiger partial charge in [-0.3, -0.25) is 4.79 Å². The van der Waals surface area contributed by atoms with E-state index < -0.39 is 17.9 Å². The number of fused-ring (bicyclic) bond motifs is 1. The predicted octanol–water partition coefficient (Wildman–Crippen LogP) is 4.11. The molecule has 1 amide bonds. The average molecular weight is 406 g/mol. The maximum atomic E-state index is 13.1. The highest BCUT2D eigenvalue weighted by Crippen LogP contribution is 2.32. The normalized spacial score (nSPS) is 17.1. The van der Waals surface area contributed by atoms with Gasteiger partial charge in [0.05, 0.1) is 5.56 Å². The van der Waals surface area contributed by atoms with E-state index in [9.17, 15) is 14.0 Å². The quantitative estimate of drug-likeness (QED) is 0.721. The zero-order valence-electron chi connectivity index (χ0n) is 13.8. The first-order chi connectivity index (χ1) is 11.9. The summed E-state index contributed by atoms with van der Waals surface area (Å²) in [7, 11) is 0. The molecule has 1 heterocycles. The number of ether oxygens (including phenoxy) is 1. The van der Waals surface area contributed by atoms with Gasteiger partial charge in [0.25, 0.3) is 5.91 Å². The number of carbonyl (C=O) groups excluding carboxylic acids is 2. The Hall–Kier alpha value is -2.21. The summed E-state index contributed by atoms with van der Waals surface area (Å²) in [6.07, 6.45) is -0.176. The Morgan fingerprint density at radius 3 is 2.72 bits per heavy atom. The van der Waals surface area contributed by atoms with Gasteiger partial charge in [-0.25, -0.2) is 9.18 Å². The van der Waals surface area contributed by atoms with Crippen LogP contribution in [0.3, 0.4) is 0 Å². The van der Waals surface area contributed by atoms with Crippen LogP contribution in [0.25, 0.3) is 0 Å². The molecular formula is C19H17BrFNO3. The van der Waals surface area contributed by atoms with E-state index in [0.29, 0.717) is 0 Å². The van der Waals surface area contributed by atoms with Crippen molar-refractivity contribution >= 4 is 33.5 Å². The largest absolute Gasteiger partial charge is 0.449 e. The molecule has 0 bridgehead atoms. The van der Waals surface area contributed by atoms with Crippen LogP contribution in [0.1, 0.15) is 29.8 Å². The summed E-state index contributed by atoms with van der Waals surface area (Å²) in [4.78, 5) is 26.8. The number of anilines is 1. The fourth-order valence-corrected chi connectivity index (χ4v) is 3.54. The lowest BCUT2D eigenvalue weighted by molar-refractivity contribution is -0.126. The van der Waals surface area contributed by atoms with Gasteiger partial charge in [-0.2, -0.15) is 0 Å². The van der Waals surface area contributed by atoms with E-state index in [2.05, 4.69) is 15.9 Å². The lowest BCUT2D eigenvalue weighted by atomic mass is 10.1. The molecule has 2 aromatic carbocycles. The number of esters is 1. The van der Waals surface area contributed by atoms with E-state index in [1.807, 2.05) is 31.2 Å². The third-order valence-corrected chi connectivity index (χ3v) is 4.88. The van der Waals surface area contributed by atoms with Crippen LogP contribution in [0.2, 0.25) is 0 Å². The Morgan fingerprint density at radius 1 is 1.28 bits per heavy atom. The molecule has 0 saturated carbocycles. The summed E-state index contributed by atoms with van der Waals surface area (Å²) in [6, 6.07) is 11.4. The molecule has 1 aliphatic rings.